The summed E-state index contributed by atoms with van der Waals surface area (Å²) in [5.41, 5.74) is 0. The monoisotopic (exact) mass is 184 g/mol. The smallest absolute Gasteiger partial charge is 0.0193 e. The van der Waals surface area contributed by atoms with Crippen LogP contribution in [0.2, 0.25) is 0 Å². The minimum Gasteiger partial charge on any atom is -0.0848 e. The maximum absolute atomic E-state index is 2.54. The highest BCUT2D eigenvalue weighted by Gasteiger charge is 2.67. The Balaban J connectivity index is 1.64. The molecular formula is C14H16. The predicted molar refractivity (Wildman–Crippen MR) is 55.4 cm³/mol. The first kappa shape index (κ1) is 6.87. The summed E-state index contributed by atoms with van der Waals surface area (Å²) in [7, 11) is 0. The van der Waals surface area contributed by atoms with Crippen LogP contribution in [0.3, 0.4) is 0 Å². The topological polar surface area (TPSA) is 0 Å². The summed E-state index contributed by atoms with van der Waals surface area (Å²) in [6.07, 6.45) is 13.2. The van der Waals surface area contributed by atoms with E-state index in [1.807, 2.05) is 0 Å². The molecule has 5 aliphatic rings. The highest BCUT2D eigenvalue weighted by Crippen LogP contribution is 2.72. The Kier molecular flexibility index (Phi) is 0.929. The third-order valence-electron chi connectivity index (χ3n) is 6.05. The Morgan fingerprint density at radius 2 is 0.786 bits per heavy atom. The number of hydrogen-bond donors (Lipinski definition) is 0. The molecule has 14 heavy (non-hydrogen) atoms. The van der Waals surface area contributed by atoms with Crippen molar-refractivity contribution >= 4 is 0 Å². The van der Waals surface area contributed by atoms with Gasteiger partial charge in [-0.25, -0.2) is 0 Å². The lowest BCUT2D eigenvalue weighted by atomic mass is 9.50. The third-order valence-corrected chi connectivity index (χ3v) is 6.05. The lowest BCUT2D eigenvalue weighted by Gasteiger charge is -2.54. The largest absolute Gasteiger partial charge is 0.0848 e. The van der Waals surface area contributed by atoms with Crippen LogP contribution in [0.25, 0.3) is 0 Å². The predicted octanol–water partition coefficient (Wildman–Crippen LogP) is 2.88. The molecule has 3 saturated carbocycles. The van der Waals surface area contributed by atoms with E-state index in [9.17, 15) is 0 Å². The molecule has 0 aromatic heterocycles. The Morgan fingerprint density at radius 3 is 1.07 bits per heavy atom. The Morgan fingerprint density at radius 1 is 0.500 bits per heavy atom. The van der Waals surface area contributed by atoms with Crippen LogP contribution in [0.5, 0.6) is 0 Å². The second kappa shape index (κ2) is 1.89. The zero-order valence-corrected chi connectivity index (χ0v) is 8.34. The molecule has 0 saturated heterocycles. The highest BCUT2D eigenvalue weighted by molar-refractivity contribution is 5.29. The first-order valence-corrected chi connectivity index (χ1v) is 6.30. The van der Waals surface area contributed by atoms with E-state index in [-0.39, 0.29) is 0 Å². The van der Waals surface area contributed by atoms with E-state index in [1.54, 1.807) is 0 Å². The van der Waals surface area contributed by atoms with Crippen molar-refractivity contribution in [1.82, 2.24) is 0 Å². The van der Waals surface area contributed by atoms with Crippen LogP contribution < -0.4 is 0 Å². The van der Waals surface area contributed by atoms with E-state index in [0.29, 0.717) is 0 Å². The van der Waals surface area contributed by atoms with E-state index in [1.165, 1.54) is 12.8 Å². The SMILES string of the molecule is C1=C[C@H]2C[C@@H]1C1C3C(C12)[C@H]1C=C[C@@H]3C1. The zero-order valence-electron chi connectivity index (χ0n) is 8.34. The first-order valence-electron chi connectivity index (χ1n) is 6.30. The molecule has 0 heterocycles. The van der Waals surface area contributed by atoms with Gasteiger partial charge in [0.05, 0.1) is 0 Å². The van der Waals surface area contributed by atoms with Crippen molar-refractivity contribution in [3.8, 4) is 0 Å². The molecule has 0 N–H and O–H groups in total. The van der Waals surface area contributed by atoms with Crippen molar-refractivity contribution in [3.63, 3.8) is 0 Å². The molecule has 3 fully saturated rings. The van der Waals surface area contributed by atoms with Crippen molar-refractivity contribution in [2.45, 2.75) is 12.8 Å². The van der Waals surface area contributed by atoms with Crippen LogP contribution in [-0.2, 0) is 0 Å². The average molecular weight is 184 g/mol. The molecule has 5 aliphatic carbocycles. The summed E-state index contributed by atoms with van der Waals surface area (Å²) in [6, 6.07) is 0. The van der Waals surface area contributed by atoms with Gasteiger partial charge in [-0.05, 0) is 60.2 Å². The zero-order chi connectivity index (χ0) is 8.86. The van der Waals surface area contributed by atoms with Gasteiger partial charge in [0.2, 0.25) is 0 Å². The van der Waals surface area contributed by atoms with Crippen LogP contribution in [0.1, 0.15) is 12.8 Å². The summed E-state index contributed by atoms with van der Waals surface area (Å²) in [5, 5.41) is 0. The second-order valence-corrected chi connectivity index (χ2v) is 6.21. The third kappa shape index (κ3) is 0.515. The van der Waals surface area contributed by atoms with Crippen LogP contribution in [0, 0.1) is 47.3 Å². The van der Waals surface area contributed by atoms with Gasteiger partial charge in [-0.1, -0.05) is 24.3 Å². The molecular weight excluding hydrogens is 168 g/mol. The quantitative estimate of drug-likeness (QED) is 0.508. The van der Waals surface area contributed by atoms with Crippen LogP contribution >= 0.6 is 0 Å². The normalized spacial score (nSPS) is 69.7. The average Bonchev–Trinajstić information content (AvgIpc) is 2.82. The summed E-state index contributed by atoms with van der Waals surface area (Å²) < 4.78 is 0. The number of allylic oxidation sites excluding steroid dienone is 4. The van der Waals surface area contributed by atoms with Gasteiger partial charge in [-0.3, -0.25) is 0 Å². The molecule has 0 aliphatic heterocycles. The van der Waals surface area contributed by atoms with Crippen LogP contribution in [0.15, 0.2) is 24.3 Å². The molecule has 0 aromatic carbocycles. The summed E-state index contributed by atoms with van der Waals surface area (Å²) in [4.78, 5) is 0. The van der Waals surface area contributed by atoms with Gasteiger partial charge in [0.15, 0.2) is 0 Å². The molecule has 0 radical (unpaired) electrons. The van der Waals surface area contributed by atoms with Crippen molar-refractivity contribution in [2.75, 3.05) is 0 Å². The molecule has 5 rings (SSSR count). The van der Waals surface area contributed by atoms with Crippen LogP contribution in [0.4, 0.5) is 0 Å². The van der Waals surface area contributed by atoms with Gasteiger partial charge in [-0.2, -0.15) is 0 Å². The van der Waals surface area contributed by atoms with Crippen LogP contribution in [-0.4, -0.2) is 0 Å². The van der Waals surface area contributed by atoms with E-state index in [4.69, 9.17) is 0 Å². The fourth-order valence-electron chi connectivity index (χ4n) is 5.82. The standard InChI is InChI=1S/C14H16/c1-2-8-5-7(1)11-12(8)14-10-4-3-9(6-10)13(11)14/h1-4,7-14H,5-6H2/t7-,8+,9-,10+,11?,12?,13?,14?. The van der Waals surface area contributed by atoms with Gasteiger partial charge >= 0.3 is 0 Å². The Bertz CT molecular complexity index is 288. The van der Waals surface area contributed by atoms with E-state index < -0.39 is 0 Å². The van der Waals surface area contributed by atoms with Gasteiger partial charge in [0.1, 0.15) is 0 Å². The Labute approximate surface area is 85.1 Å². The maximum atomic E-state index is 2.54. The number of rotatable bonds is 0. The summed E-state index contributed by atoms with van der Waals surface area (Å²) >= 11 is 0. The number of hydrogen-bond acceptors (Lipinski definition) is 0. The minimum absolute atomic E-state index is 0.999. The molecule has 72 valence electrons. The van der Waals surface area contributed by atoms with Gasteiger partial charge in [0.25, 0.3) is 0 Å². The summed E-state index contributed by atoms with van der Waals surface area (Å²) in [6.45, 7) is 0. The van der Waals surface area contributed by atoms with Gasteiger partial charge < -0.3 is 0 Å². The van der Waals surface area contributed by atoms with Crippen molar-refractivity contribution in [3.05, 3.63) is 24.3 Å². The van der Waals surface area contributed by atoms with E-state index >= 15 is 0 Å². The molecule has 0 nitrogen and oxygen atoms in total. The van der Waals surface area contributed by atoms with E-state index in [0.717, 1.165) is 47.3 Å². The van der Waals surface area contributed by atoms with Gasteiger partial charge in [-0.15, -0.1) is 0 Å². The van der Waals surface area contributed by atoms with Crippen molar-refractivity contribution in [1.29, 1.82) is 0 Å². The summed E-state index contributed by atoms with van der Waals surface area (Å²) in [5.74, 6) is 8.48. The fraction of sp³-hybridized carbons (Fsp3) is 0.714. The Hall–Kier alpha value is -0.520. The fourth-order valence-corrected chi connectivity index (χ4v) is 5.82. The lowest BCUT2D eigenvalue weighted by molar-refractivity contribution is -0.0372. The molecule has 4 bridgehead atoms. The molecule has 0 atom stereocenters. The number of fused-ring (bicyclic) bond motifs is 12. The highest BCUT2D eigenvalue weighted by atomic mass is 14.7. The maximum Gasteiger partial charge on any atom is -0.0193 e. The molecule has 0 heteroatoms. The second-order valence-electron chi connectivity index (χ2n) is 6.21. The lowest BCUT2D eigenvalue weighted by Crippen LogP contribution is -2.50. The molecule has 0 amide bonds. The molecule has 0 spiro atoms. The minimum atomic E-state index is 0.999. The van der Waals surface area contributed by atoms with Gasteiger partial charge in [0, 0.05) is 0 Å². The van der Waals surface area contributed by atoms with Crippen molar-refractivity contribution < 1.29 is 0 Å². The van der Waals surface area contributed by atoms with E-state index in [2.05, 4.69) is 24.3 Å². The molecule has 0 unspecified atom stereocenters. The van der Waals surface area contributed by atoms with Crippen molar-refractivity contribution in [2.24, 2.45) is 47.3 Å². The molecule has 0 aromatic rings. The first-order chi connectivity index (χ1) is 6.93.